The van der Waals surface area contributed by atoms with Gasteiger partial charge in [0.25, 0.3) is 0 Å². The molecular weight excluding hydrogens is 467 g/mol. The number of alkyl halides is 3. The molecule has 0 saturated heterocycles. The van der Waals surface area contributed by atoms with Crippen LogP contribution in [0.4, 0.5) is 19.1 Å². The van der Waals surface area contributed by atoms with Crippen molar-refractivity contribution in [1.82, 2.24) is 19.9 Å². The fourth-order valence-corrected chi connectivity index (χ4v) is 3.59. The zero-order valence-corrected chi connectivity index (χ0v) is 18.3. The largest absolute Gasteiger partial charge is 0.497 e. The molecule has 9 nitrogen and oxygen atoms in total. The van der Waals surface area contributed by atoms with Crippen LogP contribution in [0, 0.1) is 0 Å². The zero-order chi connectivity index (χ0) is 25.2. The van der Waals surface area contributed by atoms with E-state index in [-0.39, 0.29) is 11.9 Å². The van der Waals surface area contributed by atoms with Crippen LogP contribution in [0.1, 0.15) is 17.3 Å². The molecule has 2 aromatic heterocycles. The maximum absolute atomic E-state index is 10.6. The number of nitrogens with zero attached hydrogens (tertiary/aromatic N) is 3. The minimum Gasteiger partial charge on any atom is -0.497 e. The van der Waals surface area contributed by atoms with Crippen molar-refractivity contribution in [2.24, 2.45) is 0 Å². The summed E-state index contributed by atoms with van der Waals surface area (Å²) in [5, 5.41) is 7.12. The van der Waals surface area contributed by atoms with Crippen molar-refractivity contribution in [2.45, 2.75) is 18.5 Å². The zero-order valence-electron chi connectivity index (χ0n) is 18.3. The van der Waals surface area contributed by atoms with Crippen molar-refractivity contribution >= 4 is 23.0 Å². The average molecular weight is 487 g/mol. The SMILES string of the molecule is COc1ccc2c(c1)CC(c1nc3ccc(-c4ccnc(N)n4)cc3[nH]1)CO2.O=C(O)C(F)(F)F. The van der Waals surface area contributed by atoms with Crippen molar-refractivity contribution in [3.05, 3.63) is 60.0 Å². The molecule has 0 radical (unpaired) electrons. The summed E-state index contributed by atoms with van der Waals surface area (Å²) in [6.07, 6.45) is -2.58. The predicted molar refractivity (Wildman–Crippen MR) is 120 cm³/mol. The van der Waals surface area contributed by atoms with E-state index in [1.807, 2.05) is 42.5 Å². The minimum absolute atomic E-state index is 0.158. The van der Waals surface area contributed by atoms with Crippen LogP contribution in [0.15, 0.2) is 48.7 Å². The van der Waals surface area contributed by atoms with Gasteiger partial charge in [-0.3, -0.25) is 0 Å². The van der Waals surface area contributed by atoms with Crippen LogP contribution in [-0.4, -0.2) is 50.9 Å². The monoisotopic (exact) mass is 487 g/mol. The maximum Gasteiger partial charge on any atom is 0.490 e. The summed E-state index contributed by atoms with van der Waals surface area (Å²) in [7, 11) is 1.67. The van der Waals surface area contributed by atoms with Gasteiger partial charge < -0.3 is 25.3 Å². The number of methoxy groups -OCH3 is 1. The van der Waals surface area contributed by atoms with Gasteiger partial charge in [-0.15, -0.1) is 0 Å². The second-order valence-corrected chi connectivity index (χ2v) is 7.64. The molecule has 4 N–H and O–H groups in total. The highest BCUT2D eigenvalue weighted by molar-refractivity contribution is 5.81. The first-order valence-corrected chi connectivity index (χ1v) is 10.3. The Morgan fingerprint density at radius 3 is 2.66 bits per heavy atom. The molecule has 35 heavy (non-hydrogen) atoms. The Morgan fingerprint density at radius 2 is 1.97 bits per heavy atom. The van der Waals surface area contributed by atoms with E-state index in [9.17, 15) is 13.2 Å². The number of halogens is 3. The minimum atomic E-state index is -5.08. The molecule has 1 atom stereocenters. The standard InChI is InChI=1S/C21H19N5O2.C2HF3O2/c1-27-15-3-5-19-13(9-15)8-14(11-28-19)20-24-17-4-2-12(10-18(17)25-20)16-6-7-23-21(22)26-16;3-2(4,5)1(6)7/h2-7,9-10,14H,8,11H2,1H3,(H,24,25)(H2,22,23,26);(H,6,7). The van der Waals surface area contributed by atoms with Gasteiger partial charge in [0.05, 0.1) is 36.4 Å². The van der Waals surface area contributed by atoms with Crippen LogP contribution in [0.3, 0.4) is 0 Å². The Bertz CT molecular complexity index is 1370. The average Bonchev–Trinajstić information content (AvgIpc) is 3.26. The molecule has 0 aliphatic carbocycles. The van der Waals surface area contributed by atoms with Crippen LogP contribution in [0.5, 0.6) is 11.5 Å². The lowest BCUT2D eigenvalue weighted by atomic mass is 9.96. The molecule has 1 unspecified atom stereocenters. The lowest BCUT2D eigenvalue weighted by molar-refractivity contribution is -0.192. The number of nitrogens with two attached hydrogens (primary N) is 1. The number of rotatable bonds is 3. The molecule has 0 spiro atoms. The Morgan fingerprint density at radius 1 is 1.20 bits per heavy atom. The van der Waals surface area contributed by atoms with Gasteiger partial charge in [-0.05, 0) is 48.4 Å². The number of benzene rings is 2. The molecule has 0 saturated carbocycles. The van der Waals surface area contributed by atoms with E-state index < -0.39 is 12.1 Å². The van der Waals surface area contributed by atoms with E-state index in [0.29, 0.717) is 6.61 Å². The number of carboxylic acids is 1. The third-order valence-electron chi connectivity index (χ3n) is 5.27. The Balaban J connectivity index is 0.000000364. The number of aliphatic carboxylic acids is 1. The number of ether oxygens (including phenoxy) is 2. The van der Waals surface area contributed by atoms with Crippen molar-refractivity contribution in [2.75, 3.05) is 19.5 Å². The Kier molecular flexibility index (Phi) is 6.45. The van der Waals surface area contributed by atoms with Crippen LogP contribution >= 0.6 is 0 Å². The summed E-state index contributed by atoms with van der Waals surface area (Å²) in [4.78, 5) is 25.4. The molecular formula is C23H20F3N5O4. The number of hydrogen-bond acceptors (Lipinski definition) is 7. The van der Waals surface area contributed by atoms with Crippen LogP contribution < -0.4 is 15.2 Å². The van der Waals surface area contributed by atoms with E-state index in [2.05, 4.69) is 15.0 Å². The number of nitrogen functional groups attached to an aromatic ring is 1. The quantitative estimate of drug-likeness (QED) is 0.395. The number of fused-ring (bicyclic) bond motifs is 2. The lowest BCUT2D eigenvalue weighted by Crippen LogP contribution is -2.21. The van der Waals surface area contributed by atoms with Gasteiger partial charge in [0.2, 0.25) is 5.95 Å². The molecule has 1 aliphatic heterocycles. The number of imidazole rings is 1. The lowest BCUT2D eigenvalue weighted by Gasteiger charge is -2.24. The third-order valence-corrected chi connectivity index (χ3v) is 5.27. The second-order valence-electron chi connectivity index (χ2n) is 7.64. The van der Waals surface area contributed by atoms with Crippen molar-refractivity contribution < 1.29 is 32.5 Å². The van der Waals surface area contributed by atoms with Gasteiger partial charge in [-0.2, -0.15) is 13.2 Å². The number of carboxylic acid groups (broad SMARTS) is 1. The fourth-order valence-electron chi connectivity index (χ4n) is 3.59. The molecule has 1 aliphatic rings. The second kappa shape index (κ2) is 9.49. The summed E-state index contributed by atoms with van der Waals surface area (Å²) in [5.74, 6) is 0.329. The Hall–Kier alpha value is -4.35. The van der Waals surface area contributed by atoms with Gasteiger partial charge in [0.1, 0.15) is 17.3 Å². The number of nitrogens with one attached hydrogen (secondary N) is 1. The molecule has 3 heterocycles. The number of H-pyrrole nitrogens is 1. The van der Waals surface area contributed by atoms with E-state index in [1.165, 1.54) is 0 Å². The highest BCUT2D eigenvalue weighted by atomic mass is 19.4. The van der Waals surface area contributed by atoms with E-state index in [0.717, 1.165) is 51.6 Å². The van der Waals surface area contributed by atoms with Crippen molar-refractivity contribution in [3.8, 4) is 22.8 Å². The number of aromatic nitrogens is 4. The van der Waals surface area contributed by atoms with E-state index in [4.69, 9.17) is 30.1 Å². The van der Waals surface area contributed by atoms with Crippen LogP contribution in [0.2, 0.25) is 0 Å². The van der Waals surface area contributed by atoms with Crippen molar-refractivity contribution in [1.29, 1.82) is 0 Å². The topological polar surface area (TPSA) is 136 Å². The third kappa shape index (κ3) is 5.42. The summed E-state index contributed by atoms with van der Waals surface area (Å²) in [6.45, 7) is 0.592. The molecule has 0 amide bonds. The van der Waals surface area contributed by atoms with Gasteiger partial charge >= 0.3 is 12.1 Å². The molecule has 2 aromatic carbocycles. The smallest absolute Gasteiger partial charge is 0.490 e. The predicted octanol–water partition coefficient (Wildman–Crippen LogP) is 3.96. The van der Waals surface area contributed by atoms with E-state index >= 15 is 0 Å². The highest BCUT2D eigenvalue weighted by Gasteiger charge is 2.38. The molecule has 182 valence electrons. The number of hydrogen-bond donors (Lipinski definition) is 3. The first-order valence-electron chi connectivity index (χ1n) is 10.3. The van der Waals surface area contributed by atoms with Gasteiger partial charge in [-0.1, -0.05) is 6.07 Å². The normalized spacial score (nSPS) is 14.9. The first-order chi connectivity index (χ1) is 16.6. The van der Waals surface area contributed by atoms with Gasteiger partial charge in [0.15, 0.2) is 0 Å². The van der Waals surface area contributed by atoms with E-state index in [1.54, 1.807) is 13.3 Å². The molecule has 4 aromatic rings. The number of aromatic amines is 1. The summed E-state index contributed by atoms with van der Waals surface area (Å²) < 4.78 is 43.0. The number of carbonyl (C=O) groups is 1. The van der Waals surface area contributed by atoms with Gasteiger partial charge in [0, 0.05) is 11.8 Å². The molecule has 12 heteroatoms. The molecule has 0 fully saturated rings. The van der Waals surface area contributed by atoms with Crippen LogP contribution in [0.25, 0.3) is 22.3 Å². The number of anilines is 1. The fraction of sp³-hybridized carbons (Fsp3) is 0.217. The molecule has 0 bridgehead atoms. The van der Waals surface area contributed by atoms with Crippen LogP contribution in [-0.2, 0) is 11.2 Å². The van der Waals surface area contributed by atoms with Gasteiger partial charge in [-0.25, -0.2) is 19.7 Å². The first kappa shape index (κ1) is 23.8. The summed E-state index contributed by atoms with van der Waals surface area (Å²) in [6, 6.07) is 13.8. The summed E-state index contributed by atoms with van der Waals surface area (Å²) >= 11 is 0. The summed E-state index contributed by atoms with van der Waals surface area (Å²) in [5.41, 5.74) is 10.5. The van der Waals surface area contributed by atoms with Crippen molar-refractivity contribution in [3.63, 3.8) is 0 Å². The molecule has 5 rings (SSSR count). The Labute approximate surface area is 196 Å². The highest BCUT2D eigenvalue weighted by Crippen LogP contribution is 2.34. The maximum atomic E-state index is 10.6.